The van der Waals surface area contributed by atoms with Crippen LogP contribution < -0.4 is 5.32 Å². The van der Waals surface area contributed by atoms with E-state index in [-0.39, 0.29) is 0 Å². The Morgan fingerprint density at radius 1 is 1.00 bits per heavy atom. The molecule has 0 spiro atoms. The summed E-state index contributed by atoms with van der Waals surface area (Å²) < 4.78 is 0. The van der Waals surface area contributed by atoms with E-state index in [1.165, 1.54) is 47.9 Å². The Morgan fingerprint density at radius 3 is 2.27 bits per heavy atom. The van der Waals surface area contributed by atoms with Crippen molar-refractivity contribution < 1.29 is 0 Å². The predicted molar refractivity (Wildman–Crippen MR) is 113 cm³/mol. The summed E-state index contributed by atoms with van der Waals surface area (Å²) in [4.78, 5) is 8.40. The van der Waals surface area contributed by atoms with E-state index in [2.05, 4.69) is 75.3 Å². The maximum absolute atomic E-state index is 4.93. The van der Waals surface area contributed by atoms with Crippen LogP contribution in [0, 0.1) is 20.8 Å². The number of benzene rings is 2. The number of nitrogens with zero attached hydrogens (tertiary/aromatic N) is 1. The summed E-state index contributed by atoms with van der Waals surface area (Å²) in [7, 11) is 0. The first-order valence-electron chi connectivity index (χ1n) is 9.87. The molecule has 1 aromatic heterocycles. The van der Waals surface area contributed by atoms with E-state index in [0.29, 0.717) is 5.92 Å². The van der Waals surface area contributed by atoms with Crippen molar-refractivity contribution in [1.29, 1.82) is 0 Å². The summed E-state index contributed by atoms with van der Waals surface area (Å²) in [5.41, 5.74) is 8.55. The van der Waals surface area contributed by atoms with Crippen molar-refractivity contribution in [2.45, 2.75) is 66.2 Å². The molecule has 3 rings (SSSR count). The monoisotopic (exact) mass is 349 g/mol. The van der Waals surface area contributed by atoms with Gasteiger partial charge in [-0.05, 0) is 62.3 Å². The lowest BCUT2D eigenvalue weighted by atomic mass is 9.89. The maximum atomic E-state index is 4.93. The summed E-state index contributed by atoms with van der Waals surface area (Å²) in [5.74, 6) is 1.42. The summed E-state index contributed by atoms with van der Waals surface area (Å²) in [6.07, 6.45) is 4.86. The van der Waals surface area contributed by atoms with Crippen LogP contribution in [0.25, 0.3) is 11.0 Å². The van der Waals surface area contributed by atoms with Crippen molar-refractivity contribution in [2.75, 3.05) is 5.32 Å². The van der Waals surface area contributed by atoms with E-state index in [0.717, 1.165) is 22.7 Å². The molecule has 0 amide bonds. The minimum atomic E-state index is 0.590. The number of aryl methyl sites for hydroxylation is 3. The van der Waals surface area contributed by atoms with Crippen LogP contribution in [0.3, 0.4) is 0 Å². The van der Waals surface area contributed by atoms with Crippen LogP contribution in [0.4, 0.5) is 11.6 Å². The minimum Gasteiger partial charge on any atom is -0.325 e. The van der Waals surface area contributed by atoms with Crippen molar-refractivity contribution in [1.82, 2.24) is 9.97 Å². The third kappa shape index (κ3) is 3.77. The topological polar surface area (TPSA) is 40.7 Å². The van der Waals surface area contributed by atoms with Crippen LogP contribution in [-0.4, -0.2) is 9.97 Å². The highest BCUT2D eigenvalue weighted by Crippen LogP contribution is 2.33. The molecule has 0 saturated carbocycles. The minimum absolute atomic E-state index is 0.590. The number of hydrogen-bond donors (Lipinski definition) is 2. The molecule has 0 aliphatic rings. The van der Waals surface area contributed by atoms with Gasteiger partial charge >= 0.3 is 0 Å². The fourth-order valence-electron chi connectivity index (χ4n) is 4.09. The Morgan fingerprint density at radius 2 is 1.65 bits per heavy atom. The average Bonchev–Trinajstić information content (AvgIpc) is 3.00. The average molecular weight is 350 g/mol. The van der Waals surface area contributed by atoms with Gasteiger partial charge in [0.1, 0.15) is 0 Å². The van der Waals surface area contributed by atoms with Crippen LogP contribution in [0.2, 0.25) is 0 Å². The smallest absolute Gasteiger partial charge is 0.205 e. The van der Waals surface area contributed by atoms with Gasteiger partial charge in [0.05, 0.1) is 11.0 Å². The first-order chi connectivity index (χ1) is 12.5. The Hall–Kier alpha value is -2.29. The number of anilines is 2. The van der Waals surface area contributed by atoms with Gasteiger partial charge in [0.2, 0.25) is 5.95 Å². The molecule has 0 aliphatic carbocycles. The lowest BCUT2D eigenvalue weighted by Gasteiger charge is -2.16. The predicted octanol–water partition coefficient (Wildman–Crippen LogP) is 6.92. The van der Waals surface area contributed by atoms with Gasteiger partial charge in [-0.3, -0.25) is 0 Å². The van der Waals surface area contributed by atoms with Crippen molar-refractivity contribution in [3.8, 4) is 0 Å². The van der Waals surface area contributed by atoms with Crippen molar-refractivity contribution in [3.63, 3.8) is 0 Å². The zero-order chi connectivity index (χ0) is 18.7. The van der Waals surface area contributed by atoms with Crippen LogP contribution in [-0.2, 0) is 0 Å². The summed E-state index contributed by atoms with van der Waals surface area (Å²) in [6.45, 7) is 11.0. The van der Waals surface area contributed by atoms with Gasteiger partial charge in [0.15, 0.2) is 0 Å². The molecule has 138 valence electrons. The van der Waals surface area contributed by atoms with Crippen molar-refractivity contribution >= 4 is 22.7 Å². The molecule has 0 radical (unpaired) electrons. The Balaban J connectivity index is 1.98. The number of H-pyrrole nitrogens is 1. The summed E-state index contributed by atoms with van der Waals surface area (Å²) in [6, 6.07) is 11.0. The normalized spacial score (nSPS) is 11.5. The van der Waals surface area contributed by atoms with Gasteiger partial charge in [-0.25, -0.2) is 4.98 Å². The Kier molecular flexibility index (Phi) is 5.65. The van der Waals surface area contributed by atoms with E-state index in [1.54, 1.807) is 0 Å². The van der Waals surface area contributed by atoms with Gasteiger partial charge in [-0.15, -0.1) is 0 Å². The van der Waals surface area contributed by atoms with E-state index in [4.69, 9.17) is 4.98 Å². The van der Waals surface area contributed by atoms with Crippen LogP contribution in [0.5, 0.6) is 0 Å². The third-order valence-electron chi connectivity index (χ3n) is 5.18. The first-order valence-corrected chi connectivity index (χ1v) is 9.87. The van der Waals surface area contributed by atoms with Crippen molar-refractivity contribution in [2.24, 2.45) is 0 Å². The lowest BCUT2D eigenvalue weighted by Crippen LogP contribution is -2.00. The fourth-order valence-corrected chi connectivity index (χ4v) is 4.09. The molecule has 0 fully saturated rings. The molecule has 0 bridgehead atoms. The number of aromatic amines is 1. The van der Waals surface area contributed by atoms with Gasteiger partial charge in [-0.1, -0.05) is 56.5 Å². The van der Waals surface area contributed by atoms with Gasteiger partial charge in [0, 0.05) is 5.69 Å². The van der Waals surface area contributed by atoms with E-state index < -0.39 is 0 Å². The van der Waals surface area contributed by atoms with E-state index in [9.17, 15) is 0 Å². The second kappa shape index (κ2) is 7.94. The highest BCUT2D eigenvalue weighted by atomic mass is 15.1. The molecule has 0 saturated heterocycles. The number of aromatic nitrogens is 2. The lowest BCUT2D eigenvalue weighted by molar-refractivity contribution is 0.563. The number of rotatable bonds is 7. The SMILES string of the molecule is CCCC(CCC)c1cccc2[nH]c(Nc3c(C)cc(C)cc3C)nc12. The van der Waals surface area contributed by atoms with E-state index >= 15 is 0 Å². The third-order valence-corrected chi connectivity index (χ3v) is 5.18. The summed E-state index contributed by atoms with van der Waals surface area (Å²) >= 11 is 0. The molecule has 0 unspecified atom stereocenters. The molecular weight excluding hydrogens is 318 g/mol. The number of fused-ring (bicyclic) bond motifs is 1. The van der Waals surface area contributed by atoms with Crippen LogP contribution >= 0.6 is 0 Å². The van der Waals surface area contributed by atoms with Crippen LogP contribution in [0.15, 0.2) is 30.3 Å². The summed E-state index contributed by atoms with van der Waals surface area (Å²) in [5, 5.41) is 3.52. The number of nitrogens with one attached hydrogen (secondary N) is 2. The van der Waals surface area contributed by atoms with Crippen molar-refractivity contribution in [3.05, 3.63) is 52.6 Å². The molecule has 26 heavy (non-hydrogen) atoms. The second-order valence-electron chi connectivity index (χ2n) is 7.50. The molecule has 3 aromatic rings. The number of imidazole rings is 1. The van der Waals surface area contributed by atoms with Gasteiger partial charge in [-0.2, -0.15) is 0 Å². The zero-order valence-corrected chi connectivity index (χ0v) is 16.7. The maximum Gasteiger partial charge on any atom is 0.205 e. The van der Waals surface area contributed by atoms with Gasteiger partial charge < -0.3 is 10.3 Å². The molecular formula is C23H31N3. The first kappa shape index (κ1) is 18.5. The fraction of sp³-hybridized carbons (Fsp3) is 0.435. The molecule has 0 aliphatic heterocycles. The highest BCUT2D eigenvalue weighted by Gasteiger charge is 2.16. The quantitative estimate of drug-likeness (QED) is 0.486. The Labute approximate surface area is 157 Å². The zero-order valence-electron chi connectivity index (χ0n) is 16.7. The molecule has 3 heteroatoms. The molecule has 2 N–H and O–H groups in total. The van der Waals surface area contributed by atoms with Crippen LogP contribution in [0.1, 0.15) is 67.7 Å². The number of para-hydroxylation sites is 1. The highest BCUT2D eigenvalue weighted by molar-refractivity contribution is 5.82. The van der Waals surface area contributed by atoms with E-state index in [1.807, 2.05) is 0 Å². The molecule has 1 heterocycles. The number of hydrogen-bond acceptors (Lipinski definition) is 2. The largest absolute Gasteiger partial charge is 0.325 e. The molecule has 2 aromatic carbocycles. The van der Waals surface area contributed by atoms with Gasteiger partial charge in [0.25, 0.3) is 0 Å². The molecule has 3 nitrogen and oxygen atoms in total. The second-order valence-corrected chi connectivity index (χ2v) is 7.50. The Bertz CT molecular complexity index is 863. The standard InChI is InChI=1S/C23H31N3/c1-6-9-18(10-7-2)19-11-8-12-20-22(19)26-23(24-20)25-21-16(4)13-15(3)14-17(21)5/h8,11-14,18H,6-7,9-10H2,1-5H3,(H2,24,25,26). The molecule has 0 atom stereocenters.